The molecule has 0 amide bonds. The number of hydrogen-bond donors (Lipinski definition) is 0. The first-order valence-corrected chi connectivity index (χ1v) is 5.13. The minimum atomic E-state index is 0.449. The first-order valence-electron chi connectivity index (χ1n) is 5.13. The van der Waals surface area contributed by atoms with Crippen LogP contribution in [-0.4, -0.2) is 27.4 Å². The molecule has 0 heterocycles. The van der Waals surface area contributed by atoms with Crippen molar-refractivity contribution < 1.29 is 4.84 Å². The first kappa shape index (κ1) is 12.8. The fourth-order valence-electron chi connectivity index (χ4n) is 1.26. The van der Waals surface area contributed by atoms with Gasteiger partial charge in [0.1, 0.15) is 13.2 Å². The van der Waals surface area contributed by atoms with Crippen LogP contribution >= 0.6 is 0 Å². The molecule has 4 nitrogen and oxygen atoms in total. The first-order chi connectivity index (χ1) is 8.17. The van der Waals surface area contributed by atoms with Gasteiger partial charge >= 0.3 is 0 Å². The van der Waals surface area contributed by atoms with Gasteiger partial charge in [0.05, 0.1) is 11.8 Å². The predicted octanol–water partition coefficient (Wildman–Crippen LogP) is 2.29. The molecule has 0 aliphatic rings. The number of nitrogens with zero attached hydrogens (tertiary/aromatic N) is 3. The molecule has 0 atom stereocenters. The van der Waals surface area contributed by atoms with Gasteiger partial charge in [-0.3, -0.25) is 0 Å². The Morgan fingerprint density at radius 1 is 1.35 bits per heavy atom. The van der Waals surface area contributed by atoms with E-state index < -0.39 is 0 Å². The highest BCUT2D eigenvalue weighted by Gasteiger charge is 1.96. The average Bonchev–Trinajstić information content (AvgIpc) is 2.35. The Bertz CT molecular complexity index is 453. The molecule has 0 spiro atoms. The van der Waals surface area contributed by atoms with Crippen molar-refractivity contribution in [2.75, 3.05) is 26.1 Å². The lowest BCUT2D eigenvalue weighted by Gasteiger charge is -2.11. The van der Waals surface area contributed by atoms with E-state index in [-0.39, 0.29) is 0 Å². The minimum absolute atomic E-state index is 0.449. The Hall–Kier alpha value is -2.28. The third kappa shape index (κ3) is 3.99. The molecule has 0 unspecified atom stereocenters. The van der Waals surface area contributed by atoms with Crippen molar-refractivity contribution >= 4 is 18.0 Å². The average molecular weight is 229 g/mol. The summed E-state index contributed by atoms with van der Waals surface area (Å²) in [5.74, 6) is 0. The Morgan fingerprint density at radius 2 is 2.00 bits per heavy atom. The van der Waals surface area contributed by atoms with Crippen LogP contribution in [0.25, 0.3) is 6.08 Å². The van der Waals surface area contributed by atoms with Crippen LogP contribution in [0.2, 0.25) is 0 Å². The summed E-state index contributed by atoms with van der Waals surface area (Å²) >= 11 is 0. The largest absolute Gasteiger partial charge is 0.399 e. The molecule has 0 saturated carbocycles. The van der Waals surface area contributed by atoms with Crippen LogP contribution in [0.1, 0.15) is 5.56 Å². The van der Waals surface area contributed by atoms with E-state index in [9.17, 15) is 0 Å². The number of benzene rings is 1. The smallest absolute Gasteiger partial charge is 0.106 e. The van der Waals surface area contributed by atoms with Crippen LogP contribution in [0.3, 0.4) is 0 Å². The van der Waals surface area contributed by atoms with Gasteiger partial charge in [0, 0.05) is 19.8 Å². The molecule has 1 aromatic carbocycles. The van der Waals surface area contributed by atoms with Crippen LogP contribution in [0, 0.1) is 11.3 Å². The summed E-state index contributed by atoms with van der Waals surface area (Å²) in [6.07, 6.45) is 3.14. The molecule has 0 aliphatic heterocycles. The van der Waals surface area contributed by atoms with E-state index in [1.807, 2.05) is 49.3 Å². The molecule has 0 fully saturated rings. The summed E-state index contributed by atoms with van der Waals surface area (Å²) in [5, 5.41) is 12.4. The molecule has 4 heteroatoms. The second kappa shape index (κ2) is 6.33. The van der Waals surface area contributed by atoms with E-state index in [1.54, 1.807) is 6.08 Å². The zero-order valence-electron chi connectivity index (χ0n) is 10.2. The molecular weight excluding hydrogens is 214 g/mol. The molecule has 0 radical (unpaired) electrons. The van der Waals surface area contributed by atoms with E-state index in [1.165, 1.54) is 13.3 Å². The van der Waals surface area contributed by atoms with Crippen LogP contribution in [0.15, 0.2) is 35.0 Å². The van der Waals surface area contributed by atoms with Crippen molar-refractivity contribution in [1.29, 1.82) is 5.26 Å². The quantitative estimate of drug-likeness (QED) is 0.452. The molecular formula is C13H15N3O. The lowest BCUT2D eigenvalue weighted by molar-refractivity contribution is 0.215. The number of hydrogen-bond acceptors (Lipinski definition) is 4. The maximum atomic E-state index is 8.88. The SMILES string of the molecule is CO/N=C/C(C#N)=C/c1ccc(N(C)C)cc1. The zero-order valence-corrected chi connectivity index (χ0v) is 10.2. The maximum absolute atomic E-state index is 8.88. The fourth-order valence-corrected chi connectivity index (χ4v) is 1.26. The minimum Gasteiger partial charge on any atom is -0.399 e. The van der Waals surface area contributed by atoms with E-state index >= 15 is 0 Å². The molecule has 0 saturated heterocycles. The van der Waals surface area contributed by atoms with Crippen LogP contribution in [-0.2, 0) is 4.84 Å². The Balaban J connectivity index is 2.90. The van der Waals surface area contributed by atoms with Gasteiger partial charge in [-0.2, -0.15) is 5.26 Å². The van der Waals surface area contributed by atoms with Gasteiger partial charge in [0.15, 0.2) is 0 Å². The summed E-state index contributed by atoms with van der Waals surface area (Å²) in [4.78, 5) is 6.55. The van der Waals surface area contributed by atoms with Crippen molar-refractivity contribution in [3.63, 3.8) is 0 Å². The Labute approximate surface area is 101 Å². The normalized spacial score (nSPS) is 11.3. The molecule has 1 aromatic rings. The lowest BCUT2D eigenvalue weighted by atomic mass is 10.1. The standard InChI is InChI=1S/C13H15N3O/c1-16(2)13-6-4-11(5-7-13)8-12(9-14)10-15-17-3/h4-8,10H,1-3H3/b12-8+,15-10+. The number of rotatable bonds is 4. The van der Waals surface area contributed by atoms with Crippen molar-refractivity contribution in [2.24, 2.45) is 5.16 Å². The molecule has 0 aliphatic carbocycles. The highest BCUT2D eigenvalue weighted by Crippen LogP contribution is 2.14. The van der Waals surface area contributed by atoms with Gasteiger partial charge in [0.25, 0.3) is 0 Å². The van der Waals surface area contributed by atoms with Crippen molar-refractivity contribution in [3.05, 3.63) is 35.4 Å². The number of nitriles is 1. The van der Waals surface area contributed by atoms with Crippen molar-refractivity contribution in [1.82, 2.24) is 0 Å². The number of oxime groups is 1. The Kier molecular flexibility index (Phi) is 4.77. The second-order valence-corrected chi connectivity index (χ2v) is 3.61. The second-order valence-electron chi connectivity index (χ2n) is 3.61. The third-order valence-electron chi connectivity index (χ3n) is 2.16. The van der Waals surface area contributed by atoms with E-state index in [4.69, 9.17) is 5.26 Å². The molecule has 1 rings (SSSR count). The van der Waals surface area contributed by atoms with Gasteiger partial charge in [0.2, 0.25) is 0 Å². The van der Waals surface area contributed by atoms with Crippen LogP contribution in [0.4, 0.5) is 5.69 Å². The topological polar surface area (TPSA) is 48.6 Å². The van der Waals surface area contributed by atoms with Crippen molar-refractivity contribution in [2.45, 2.75) is 0 Å². The number of anilines is 1. The molecule has 0 aromatic heterocycles. The number of allylic oxidation sites excluding steroid dienone is 1. The van der Waals surface area contributed by atoms with Gasteiger partial charge in [-0.25, -0.2) is 0 Å². The molecule has 17 heavy (non-hydrogen) atoms. The van der Waals surface area contributed by atoms with Crippen molar-refractivity contribution in [3.8, 4) is 6.07 Å². The summed E-state index contributed by atoms with van der Waals surface area (Å²) in [7, 11) is 5.41. The maximum Gasteiger partial charge on any atom is 0.106 e. The van der Waals surface area contributed by atoms with Gasteiger partial charge in [-0.1, -0.05) is 17.3 Å². The zero-order chi connectivity index (χ0) is 12.7. The molecule has 0 N–H and O–H groups in total. The van der Waals surface area contributed by atoms with Crippen LogP contribution < -0.4 is 4.90 Å². The third-order valence-corrected chi connectivity index (χ3v) is 2.16. The molecule has 0 bridgehead atoms. The predicted molar refractivity (Wildman–Crippen MR) is 69.9 cm³/mol. The highest BCUT2D eigenvalue weighted by molar-refractivity contribution is 5.90. The molecule has 88 valence electrons. The van der Waals surface area contributed by atoms with E-state index in [0.717, 1.165) is 11.3 Å². The van der Waals surface area contributed by atoms with E-state index in [0.29, 0.717) is 5.57 Å². The summed E-state index contributed by atoms with van der Waals surface area (Å²) in [5.41, 5.74) is 2.52. The summed E-state index contributed by atoms with van der Waals surface area (Å²) in [6, 6.07) is 9.94. The highest BCUT2D eigenvalue weighted by atomic mass is 16.6. The van der Waals surface area contributed by atoms with Crippen LogP contribution in [0.5, 0.6) is 0 Å². The summed E-state index contributed by atoms with van der Waals surface area (Å²) < 4.78 is 0. The lowest BCUT2D eigenvalue weighted by Crippen LogP contribution is -2.07. The van der Waals surface area contributed by atoms with E-state index in [2.05, 4.69) is 9.99 Å². The van der Waals surface area contributed by atoms with Gasteiger partial charge < -0.3 is 9.74 Å². The van der Waals surface area contributed by atoms with Gasteiger partial charge in [-0.15, -0.1) is 0 Å². The Morgan fingerprint density at radius 3 is 2.47 bits per heavy atom. The fraction of sp³-hybridized carbons (Fsp3) is 0.231. The summed E-state index contributed by atoms with van der Waals surface area (Å²) in [6.45, 7) is 0. The van der Waals surface area contributed by atoms with Gasteiger partial charge in [-0.05, 0) is 23.8 Å². The monoisotopic (exact) mass is 229 g/mol.